The van der Waals surface area contributed by atoms with Crippen molar-refractivity contribution in [1.29, 1.82) is 0 Å². The number of methoxy groups -OCH3 is 1. The fraction of sp³-hybridized carbons (Fsp3) is 0.300. The Hall–Kier alpha value is -2.40. The van der Waals surface area contributed by atoms with Gasteiger partial charge in [-0.2, -0.15) is 0 Å². The van der Waals surface area contributed by atoms with Crippen molar-refractivity contribution in [2.24, 2.45) is 0 Å². The quantitative estimate of drug-likeness (QED) is 0.709. The van der Waals surface area contributed by atoms with Crippen molar-refractivity contribution in [3.8, 4) is 5.75 Å². The minimum absolute atomic E-state index is 0.0240. The molecule has 3 aromatic rings. The van der Waals surface area contributed by atoms with Crippen LogP contribution in [0, 0.1) is 0 Å². The van der Waals surface area contributed by atoms with E-state index in [2.05, 4.69) is 9.97 Å². The topological polar surface area (TPSA) is 55.0 Å². The van der Waals surface area contributed by atoms with Crippen LogP contribution in [0.1, 0.15) is 41.1 Å². The lowest BCUT2D eigenvalue weighted by Crippen LogP contribution is -2.10. The molecular formula is C20H20N2O2S. The molecule has 0 saturated heterocycles. The van der Waals surface area contributed by atoms with Crippen LogP contribution in [0.15, 0.2) is 29.1 Å². The number of hydrogen-bond donors (Lipinski definition) is 1. The predicted molar refractivity (Wildman–Crippen MR) is 103 cm³/mol. The van der Waals surface area contributed by atoms with Gasteiger partial charge in [0.2, 0.25) is 0 Å². The maximum absolute atomic E-state index is 12.6. The molecule has 1 aliphatic rings. The number of thiophene rings is 1. The fourth-order valence-electron chi connectivity index (χ4n) is 3.41. The number of hydrogen-bond acceptors (Lipinski definition) is 4. The highest BCUT2D eigenvalue weighted by Crippen LogP contribution is 2.32. The number of aryl methyl sites for hydroxylation is 2. The number of nitrogens with one attached hydrogen (secondary N) is 1. The summed E-state index contributed by atoms with van der Waals surface area (Å²) >= 11 is 1.68. The highest BCUT2D eigenvalue weighted by molar-refractivity contribution is 7.18. The molecule has 2 heterocycles. The maximum Gasteiger partial charge on any atom is 0.260 e. The molecule has 1 aliphatic carbocycles. The van der Waals surface area contributed by atoms with E-state index in [0.29, 0.717) is 5.82 Å². The zero-order valence-electron chi connectivity index (χ0n) is 14.2. The average Bonchev–Trinajstić information content (AvgIpc) is 2.82. The molecule has 4 nitrogen and oxygen atoms in total. The van der Waals surface area contributed by atoms with E-state index < -0.39 is 0 Å². The summed E-state index contributed by atoms with van der Waals surface area (Å²) in [5.74, 6) is 1.38. The van der Waals surface area contributed by atoms with E-state index in [0.717, 1.165) is 40.8 Å². The third-order valence-electron chi connectivity index (χ3n) is 4.65. The number of para-hydroxylation sites is 1. The summed E-state index contributed by atoms with van der Waals surface area (Å²) in [6, 6.07) is 7.77. The summed E-state index contributed by atoms with van der Waals surface area (Å²) in [5, 5.41) is 0.802. The molecule has 128 valence electrons. The molecule has 0 atom stereocenters. The summed E-state index contributed by atoms with van der Waals surface area (Å²) in [5.41, 5.74) is 2.16. The first kappa shape index (κ1) is 16.1. The number of benzene rings is 1. The predicted octanol–water partition coefficient (Wildman–Crippen LogP) is 4.43. The summed E-state index contributed by atoms with van der Waals surface area (Å²) in [4.78, 5) is 22.4. The second-order valence-corrected chi connectivity index (χ2v) is 7.35. The highest BCUT2D eigenvalue weighted by Gasteiger charge is 2.18. The van der Waals surface area contributed by atoms with Crippen molar-refractivity contribution in [3.63, 3.8) is 0 Å². The first-order chi connectivity index (χ1) is 12.3. The Morgan fingerprint density at radius 3 is 2.88 bits per heavy atom. The Labute approximate surface area is 150 Å². The van der Waals surface area contributed by atoms with E-state index in [9.17, 15) is 4.79 Å². The van der Waals surface area contributed by atoms with Gasteiger partial charge < -0.3 is 9.72 Å². The first-order valence-corrected chi connectivity index (χ1v) is 9.43. The molecule has 4 rings (SSSR count). The van der Waals surface area contributed by atoms with Crippen LogP contribution in [0.2, 0.25) is 0 Å². The van der Waals surface area contributed by atoms with Crippen LogP contribution in [0.3, 0.4) is 0 Å². The van der Waals surface area contributed by atoms with Gasteiger partial charge in [-0.05, 0) is 49.5 Å². The molecule has 0 unspecified atom stereocenters. The molecule has 0 radical (unpaired) electrons. The number of H-pyrrole nitrogens is 1. The van der Waals surface area contributed by atoms with Gasteiger partial charge in [-0.15, -0.1) is 11.3 Å². The van der Waals surface area contributed by atoms with Gasteiger partial charge in [-0.1, -0.05) is 24.6 Å². The molecule has 5 heteroatoms. The molecule has 2 aromatic heterocycles. The Morgan fingerprint density at radius 1 is 1.16 bits per heavy atom. The highest BCUT2D eigenvalue weighted by atomic mass is 32.1. The smallest absolute Gasteiger partial charge is 0.260 e. The molecule has 0 saturated carbocycles. The molecule has 0 bridgehead atoms. The second kappa shape index (κ2) is 6.84. The SMILES string of the molecule is COc1ccccc1/C=C/c1nc2sc3c(c2c(=O)[nH]1)CCCCC3. The maximum atomic E-state index is 12.6. The first-order valence-electron chi connectivity index (χ1n) is 8.62. The van der Waals surface area contributed by atoms with Crippen molar-refractivity contribution in [3.05, 3.63) is 56.4 Å². The monoisotopic (exact) mass is 352 g/mol. The molecule has 0 aliphatic heterocycles. The largest absolute Gasteiger partial charge is 0.496 e. The zero-order chi connectivity index (χ0) is 17.2. The Morgan fingerprint density at radius 2 is 2.00 bits per heavy atom. The third-order valence-corrected chi connectivity index (χ3v) is 5.84. The van der Waals surface area contributed by atoms with Crippen LogP contribution in [-0.4, -0.2) is 17.1 Å². The van der Waals surface area contributed by atoms with Crippen molar-refractivity contribution < 1.29 is 4.74 Å². The Balaban J connectivity index is 1.74. The van der Waals surface area contributed by atoms with Crippen LogP contribution < -0.4 is 10.3 Å². The van der Waals surface area contributed by atoms with Gasteiger partial charge in [-0.25, -0.2) is 4.98 Å². The lowest BCUT2D eigenvalue weighted by molar-refractivity contribution is 0.414. The zero-order valence-corrected chi connectivity index (χ0v) is 15.0. The van der Waals surface area contributed by atoms with E-state index in [1.807, 2.05) is 36.4 Å². The molecular weight excluding hydrogens is 332 g/mol. The fourth-order valence-corrected chi connectivity index (χ4v) is 4.68. The van der Waals surface area contributed by atoms with E-state index >= 15 is 0 Å². The van der Waals surface area contributed by atoms with Crippen LogP contribution >= 0.6 is 11.3 Å². The summed E-state index contributed by atoms with van der Waals surface area (Å²) in [7, 11) is 1.65. The Kier molecular flexibility index (Phi) is 4.40. The van der Waals surface area contributed by atoms with Gasteiger partial charge >= 0.3 is 0 Å². The van der Waals surface area contributed by atoms with Crippen molar-refractivity contribution >= 4 is 33.7 Å². The van der Waals surface area contributed by atoms with Gasteiger partial charge in [0.1, 0.15) is 16.4 Å². The number of rotatable bonds is 3. The number of aromatic amines is 1. The van der Waals surface area contributed by atoms with Crippen molar-refractivity contribution in [1.82, 2.24) is 9.97 Å². The van der Waals surface area contributed by atoms with Gasteiger partial charge in [0.15, 0.2) is 0 Å². The van der Waals surface area contributed by atoms with Crippen molar-refractivity contribution in [2.75, 3.05) is 7.11 Å². The molecule has 0 spiro atoms. The standard InChI is InChI=1S/C20H20N2O2S/c1-24-15-9-6-5-7-13(15)11-12-17-21-19(23)18-14-8-3-2-4-10-16(14)25-20(18)22-17/h5-7,9,11-12H,2-4,8,10H2,1H3,(H,21,22,23)/b12-11+. The van der Waals surface area contributed by atoms with Crippen LogP contribution in [0.5, 0.6) is 5.75 Å². The lowest BCUT2D eigenvalue weighted by atomic mass is 10.1. The van der Waals surface area contributed by atoms with E-state index in [1.165, 1.54) is 23.3 Å². The van der Waals surface area contributed by atoms with Crippen LogP contribution in [0.25, 0.3) is 22.4 Å². The van der Waals surface area contributed by atoms with Crippen LogP contribution in [-0.2, 0) is 12.8 Å². The van der Waals surface area contributed by atoms with Gasteiger partial charge in [0.25, 0.3) is 5.56 Å². The summed E-state index contributed by atoms with van der Waals surface area (Å²) < 4.78 is 5.35. The van der Waals surface area contributed by atoms with Crippen molar-refractivity contribution in [2.45, 2.75) is 32.1 Å². The van der Waals surface area contributed by atoms with Crippen LogP contribution in [0.4, 0.5) is 0 Å². The minimum Gasteiger partial charge on any atom is -0.496 e. The number of ether oxygens (including phenoxy) is 1. The third kappa shape index (κ3) is 3.12. The molecule has 1 aromatic carbocycles. The normalized spacial score (nSPS) is 14.6. The second-order valence-electron chi connectivity index (χ2n) is 6.27. The minimum atomic E-state index is -0.0240. The average molecular weight is 352 g/mol. The molecule has 1 N–H and O–H groups in total. The molecule has 25 heavy (non-hydrogen) atoms. The Bertz CT molecular complexity index is 1000. The summed E-state index contributed by atoms with van der Waals surface area (Å²) in [6.07, 6.45) is 9.43. The summed E-state index contributed by atoms with van der Waals surface area (Å²) in [6.45, 7) is 0. The number of fused-ring (bicyclic) bond motifs is 3. The van der Waals surface area contributed by atoms with E-state index in [-0.39, 0.29) is 5.56 Å². The number of aromatic nitrogens is 2. The molecule has 0 fully saturated rings. The molecule has 0 amide bonds. The van der Waals surface area contributed by atoms with E-state index in [1.54, 1.807) is 18.4 Å². The lowest BCUT2D eigenvalue weighted by Gasteiger charge is -2.03. The van der Waals surface area contributed by atoms with Gasteiger partial charge in [0, 0.05) is 10.4 Å². The van der Waals surface area contributed by atoms with E-state index in [4.69, 9.17) is 4.74 Å². The van der Waals surface area contributed by atoms with Gasteiger partial charge in [-0.3, -0.25) is 4.79 Å². The number of nitrogens with zero attached hydrogens (tertiary/aromatic N) is 1. The van der Waals surface area contributed by atoms with Gasteiger partial charge in [0.05, 0.1) is 12.5 Å².